The standard InChI is InChI=1S/C15H18F3NO2/c1-2-21-13-4-5-14-12(10-13)6-8-19(14)7-3-9-20-11-15(16,17)18/h4-6,8,10H,2-3,7,9,11H2,1H3. The predicted molar refractivity (Wildman–Crippen MR) is 74.6 cm³/mol. The first-order valence-corrected chi connectivity index (χ1v) is 6.86. The van der Waals surface area contributed by atoms with Crippen LogP contribution >= 0.6 is 0 Å². The smallest absolute Gasteiger partial charge is 0.411 e. The Labute approximate surface area is 121 Å². The van der Waals surface area contributed by atoms with Crippen LogP contribution in [-0.2, 0) is 11.3 Å². The van der Waals surface area contributed by atoms with Crippen LogP contribution in [0.3, 0.4) is 0 Å². The van der Waals surface area contributed by atoms with Gasteiger partial charge in [0.05, 0.1) is 6.61 Å². The first-order valence-electron chi connectivity index (χ1n) is 6.86. The van der Waals surface area contributed by atoms with Crippen molar-refractivity contribution < 1.29 is 22.6 Å². The van der Waals surface area contributed by atoms with Crippen molar-refractivity contribution in [3.05, 3.63) is 30.5 Å². The van der Waals surface area contributed by atoms with E-state index in [9.17, 15) is 13.2 Å². The number of ether oxygens (including phenoxy) is 2. The van der Waals surface area contributed by atoms with Crippen molar-refractivity contribution in [3.8, 4) is 5.75 Å². The molecule has 6 heteroatoms. The number of benzene rings is 1. The number of nitrogens with zero attached hydrogens (tertiary/aromatic N) is 1. The Morgan fingerprint density at radius 3 is 2.71 bits per heavy atom. The fraction of sp³-hybridized carbons (Fsp3) is 0.467. The maximum Gasteiger partial charge on any atom is 0.411 e. The Morgan fingerprint density at radius 1 is 1.19 bits per heavy atom. The van der Waals surface area contributed by atoms with Gasteiger partial charge < -0.3 is 14.0 Å². The van der Waals surface area contributed by atoms with E-state index in [1.54, 1.807) is 0 Å². The molecule has 0 radical (unpaired) electrons. The highest BCUT2D eigenvalue weighted by molar-refractivity contribution is 5.81. The van der Waals surface area contributed by atoms with Gasteiger partial charge in [-0.3, -0.25) is 0 Å². The Balaban J connectivity index is 1.88. The first-order chi connectivity index (χ1) is 9.99. The molecule has 0 aliphatic rings. The maximum atomic E-state index is 11.9. The Hall–Kier alpha value is -1.69. The number of fused-ring (bicyclic) bond motifs is 1. The van der Waals surface area contributed by atoms with E-state index < -0.39 is 12.8 Å². The molecule has 0 saturated heterocycles. The lowest BCUT2D eigenvalue weighted by Gasteiger charge is -2.09. The van der Waals surface area contributed by atoms with Crippen molar-refractivity contribution in [1.29, 1.82) is 0 Å². The number of hydrogen-bond acceptors (Lipinski definition) is 2. The van der Waals surface area contributed by atoms with E-state index in [1.807, 2.05) is 42.0 Å². The van der Waals surface area contributed by atoms with Crippen molar-refractivity contribution in [2.45, 2.75) is 26.1 Å². The Kier molecular flexibility index (Phi) is 5.12. The second-order valence-electron chi connectivity index (χ2n) is 4.68. The summed E-state index contributed by atoms with van der Waals surface area (Å²) in [6, 6.07) is 7.77. The molecule has 0 aliphatic heterocycles. The molecule has 0 aliphatic carbocycles. The third kappa shape index (κ3) is 4.67. The lowest BCUT2D eigenvalue weighted by molar-refractivity contribution is -0.174. The molecule has 0 fully saturated rings. The van der Waals surface area contributed by atoms with Gasteiger partial charge in [0.15, 0.2) is 0 Å². The molecule has 0 unspecified atom stereocenters. The normalized spacial score (nSPS) is 12.0. The van der Waals surface area contributed by atoms with Gasteiger partial charge in [0.25, 0.3) is 0 Å². The summed E-state index contributed by atoms with van der Waals surface area (Å²) in [6.45, 7) is 2.07. The minimum Gasteiger partial charge on any atom is -0.494 e. The molecule has 0 amide bonds. The molecule has 1 aromatic carbocycles. The highest BCUT2D eigenvalue weighted by Gasteiger charge is 2.27. The lowest BCUT2D eigenvalue weighted by Crippen LogP contribution is -2.17. The third-order valence-corrected chi connectivity index (χ3v) is 3.01. The summed E-state index contributed by atoms with van der Waals surface area (Å²) in [4.78, 5) is 0. The van der Waals surface area contributed by atoms with Gasteiger partial charge in [0.1, 0.15) is 12.4 Å². The van der Waals surface area contributed by atoms with Crippen LogP contribution in [-0.4, -0.2) is 30.6 Å². The topological polar surface area (TPSA) is 23.4 Å². The van der Waals surface area contributed by atoms with Crippen LogP contribution in [0.1, 0.15) is 13.3 Å². The zero-order chi connectivity index (χ0) is 15.3. The summed E-state index contributed by atoms with van der Waals surface area (Å²) >= 11 is 0. The van der Waals surface area contributed by atoms with Gasteiger partial charge in [-0.2, -0.15) is 13.2 Å². The summed E-state index contributed by atoms with van der Waals surface area (Å²) in [5.74, 6) is 0.816. The Morgan fingerprint density at radius 2 is 2.00 bits per heavy atom. The van der Waals surface area contributed by atoms with Crippen LogP contribution in [0.2, 0.25) is 0 Å². The summed E-state index contributed by atoms with van der Waals surface area (Å²) in [5.41, 5.74) is 1.04. The fourth-order valence-electron chi connectivity index (χ4n) is 2.15. The number of rotatable bonds is 7. The van der Waals surface area contributed by atoms with Crippen LogP contribution in [0.15, 0.2) is 30.5 Å². The number of halogens is 3. The molecule has 0 saturated carbocycles. The van der Waals surface area contributed by atoms with Gasteiger partial charge in [0.2, 0.25) is 0 Å². The average molecular weight is 301 g/mol. The number of aryl methyl sites for hydroxylation is 1. The summed E-state index contributed by atoms with van der Waals surface area (Å²) < 4.78 is 47.8. The second-order valence-corrected chi connectivity index (χ2v) is 4.68. The predicted octanol–water partition coefficient (Wildman–Crippen LogP) is 4.01. The van der Waals surface area contributed by atoms with Crippen LogP contribution in [0.25, 0.3) is 10.9 Å². The van der Waals surface area contributed by atoms with E-state index in [-0.39, 0.29) is 6.61 Å². The molecular weight excluding hydrogens is 283 g/mol. The molecule has 0 spiro atoms. The summed E-state index contributed by atoms with van der Waals surface area (Å²) in [5, 5.41) is 1.05. The first kappa shape index (κ1) is 15.7. The quantitative estimate of drug-likeness (QED) is 0.721. The fourth-order valence-corrected chi connectivity index (χ4v) is 2.15. The monoisotopic (exact) mass is 301 g/mol. The van der Waals surface area contributed by atoms with Gasteiger partial charge in [0, 0.05) is 30.3 Å². The van der Waals surface area contributed by atoms with E-state index >= 15 is 0 Å². The lowest BCUT2D eigenvalue weighted by atomic mass is 10.2. The molecule has 0 N–H and O–H groups in total. The van der Waals surface area contributed by atoms with Crippen LogP contribution in [0.4, 0.5) is 13.2 Å². The molecule has 116 valence electrons. The minimum absolute atomic E-state index is 0.0935. The molecule has 21 heavy (non-hydrogen) atoms. The number of alkyl halides is 3. The largest absolute Gasteiger partial charge is 0.494 e. The molecule has 3 nitrogen and oxygen atoms in total. The third-order valence-electron chi connectivity index (χ3n) is 3.01. The SMILES string of the molecule is CCOc1ccc2c(ccn2CCCOCC(F)(F)F)c1. The average Bonchev–Trinajstić information content (AvgIpc) is 2.80. The molecule has 2 rings (SSSR count). The van der Waals surface area contributed by atoms with Gasteiger partial charge >= 0.3 is 6.18 Å². The summed E-state index contributed by atoms with van der Waals surface area (Å²) in [6.07, 6.45) is -1.80. The van der Waals surface area contributed by atoms with Crippen molar-refractivity contribution >= 4 is 10.9 Å². The van der Waals surface area contributed by atoms with Gasteiger partial charge in [-0.05, 0) is 37.6 Å². The zero-order valence-corrected chi connectivity index (χ0v) is 11.8. The van der Waals surface area contributed by atoms with E-state index in [2.05, 4.69) is 4.74 Å². The maximum absolute atomic E-state index is 11.9. The van der Waals surface area contributed by atoms with Gasteiger partial charge in [-0.15, -0.1) is 0 Å². The van der Waals surface area contributed by atoms with Crippen LogP contribution in [0, 0.1) is 0 Å². The molecule has 1 heterocycles. The molecular formula is C15H18F3NO2. The van der Waals surface area contributed by atoms with Crippen molar-refractivity contribution in [2.24, 2.45) is 0 Å². The van der Waals surface area contributed by atoms with Gasteiger partial charge in [-0.25, -0.2) is 0 Å². The molecule has 0 bridgehead atoms. The molecule has 2 aromatic rings. The van der Waals surface area contributed by atoms with E-state index in [1.165, 1.54) is 0 Å². The Bertz CT molecular complexity index is 578. The van der Waals surface area contributed by atoms with Crippen LogP contribution < -0.4 is 4.74 Å². The van der Waals surface area contributed by atoms with Crippen molar-refractivity contribution in [1.82, 2.24) is 4.57 Å². The highest BCUT2D eigenvalue weighted by Crippen LogP contribution is 2.22. The van der Waals surface area contributed by atoms with Crippen molar-refractivity contribution in [2.75, 3.05) is 19.8 Å². The van der Waals surface area contributed by atoms with Crippen LogP contribution in [0.5, 0.6) is 5.75 Å². The number of hydrogen-bond donors (Lipinski definition) is 0. The van der Waals surface area contributed by atoms with E-state index in [0.717, 1.165) is 16.7 Å². The molecule has 1 aromatic heterocycles. The van der Waals surface area contributed by atoms with Crippen molar-refractivity contribution in [3.63, 3.8) is 0 Å². The zero-order valence-electron chi connectivity index (χ0n) is 11.8. The minimum atomic E-state index is -4.25. The highest BCUT2D eigenvalue weighted by atomic mass is 19.4. The second kappa shape index (κ2) is 6.85. The van der Waals surface area contributed by atoms with E-state index in [0.29, 0.717) is 19.6 Å². The van der Waals surface area contributed by atoms with E-state index in [4.69, 9.17) is 4.74 Å². The molecule has 0 atom stereocenters. The summed E-state index contributed by atoms with van der Waals surface area (Å²) in [7, 11) is 0. The van der Waals surface area contributed by atoms with Gasteiger partial charge in [-0.1, -0.05) is 0 Å². The number of aromatic nitrogens is 1.